The van der Waals surface area contributed by atoms with Crippen LogP contribution in [-0.4, -0.2) is 34.2 Å². The van der Waals surface area contributed by atoms with Gasteiger partial charge in [0.25, 0.3) is 0 Å². The molecule has 6 heteroatoms. The quantitative estimate of drug-likeness (QED) is 0.836. The van der Waals surface area contributed by atoms with E-state index in [0.29, 0.717) is 13.1 Å². The molecule has 1 aromatic rings. The van der Waals surface area contributed by atoms with Crippen LogP contribution in [0.2, 0.25) is 0 Å². The summed E-state index contributed by atoms with van der Waals surface area (Å²) >= 11 is 1.46. The van der Waals surface area contributed by atoms with E-state index >= 15 is 0 Å². The molecule has 0 saturated carbocycles. The van der Waals surface area contributed by atoms with Crippen LogP contribution in [-0.2, 0) is 11.3 Å². The summed E-state index contributed by atoms with van der Waals surface area (Å²) < 4.78 is 0. The molecule has 1 heterocycles. The predicted octanol–water partition coefficient (Wildman–Crippen LogP) is 1.76. The second-order valence-electron chi connectivity index (χ2n) is 5.14. The number of carbonyl (C=O) groups excluding carboxylic acids is 1. The largest absolute Gasteiger partial charge is 0.392 e. The van der Waals surface area contributed by atoms with Crippen LogP contribution in [0.1, 0.15) is 40.3 Å². The molecule has 0 aliphatic rings. The highest BCUT2D eigenvalue weighted by molar-refractivity contribution is 7.14. The molecule has 0 fully saturated rings. The van der Waals surface area contributed by atoms with Crippen LogP contribution in [0.4, 0.5) is 5.13 Å². The van der Waals surface area contributed by atoms with Gasteiger partial charge in [-0.25, -0.2) is 4.98 Å². The standard InChI is InChI=1S/C13H23N3O2S/c1-6-16(10(3)18)12-15-11(8-19-12)7-14-13(4,5)9(2)17/h8-9,14,17H,6-7H2,1-5H3. The Balaban J connectivity index is 2.68. The van der Waals surface area contributed by atoms with Gasteiger partial charge in [-0.2, -0.15) is 0 Å². The summed E-state index contributed by atoms with van der Waals surface area (Å²) in [6, 6.07) is 0. The van der Waals surface area contributed by atoms with Gasteiger partial charge in [0, 0.05) is 30.9 Å². The van der Waals surface area contributed by atoms with Crippen LogP contribution in [0.3, 0.4) is 0 Å². The number of thiazole rings is 1. The molecule has 0 aliphatic heterocycles. The van der Waals surface area contributed by atoms with Crippen molar-refractivity contribution in [1.82, 2.24) is 10.3 Å². The Morgan fingerprint density at radius 3 is 2.74 bits per heavy atom. The molecule has 0 radical (unpaired) electrons. The Bertz CT molecular complexity index is 429. The summed E-state index contributed by atoms with van der Waals surface area (Å²) in [4.78, 5) is 17.5. The second-order valence-corrected chi connectivity index (χ2v) is 5.97. The van der Waals surface area contributed by atoms with Crippen LogP contribution in [0.15, 0.2) is 5.38 Å². The van der Waals surface area contributed by atoms with E-state index < -0.39 is 6.10 Å². The zero-order valence-electron chi connectivity index (χ0n) is 12.2. The Kier molecular flexibility index (Phi) is 5.46. The van der Waals surface area contributed by atoms with E-state index in [1.807, 2.05) is 26.2 Å². The molecule has 5 nitrogen and oxygen atoms in total. The second kappa shape index (κ2) is 6.45. The van der Waals surface area contributed by atoms with Crippen molar-refractivity contribution in [2.75, 3.05) is 11.4 Å². The number of carbonyl (C=O) groups is 1. The molecule has 0 bridgehead atoms. The Labute approximate surface area is 118 Å². The third kappa shape index (κ3) is 4.26. The number of aromatic nitrogens is 1. The van der Waals surface area contributed by atoms with E-state index in [-0.39, 0.29) is 11.4 Å². The summed E-state index contributed by atoms with van der Waals surface area (Å²) in [5, 5.41) is 15.6. The fourth-order valence-electron chi connectivity index (χ4n) is 1.46. The Morgan fingerprint density at radius 1 is 1.63 bits per heavy atom. The van der Waals surface area contributed by atoms with Crippen LogP contribution in [0, 0.1) is 0 Å². The monoisotopic (exact) mass is 285 g/mol. The van der Waals surface area contributed by atoms with E-state index in [0.717, 1.165) is 10.8 Å². The molecule has 19 heavy (non-hydrogen) atoms. The van der Waals surface area contributed by atoms with Gasteiger partial charge >= 0.3 is 0 Å². The first-order chi connectivity index (χ1) is 8.77. The lowest BCUT2D eigenvalue weighted by Crippen LogP contribution is -2.47. The average Bonchev–Trinajstić information content (AvgIpc) is 2.75. The van der Waals surface area contributed by atoms with Crippen LogP contribution >= 0.6 is 11.3 Å². The normalized spacial score (nSPS) is 13.4. The van der Waals surface area contributed by atoms with Gasteiger partial charge in [-0.05, 0) is 27.7 Å². The summed E-state index contributed by atoms with van der Waals surface area (Å²) in [5.74, 6) is 0.000620. The highest BCUT2D eigenvalue weighted by Crippen LogP contribution is 2.21. The van der Waals surface area contributed by atoms with Gasteiger partial charge < -0.3 is 10.4 Å². The lowest BCUT2D eigenvalue weighted by Gasteiger charge is -2.29. The SMILES string of the molecule is CCN(C(C)=O)c1nc(CNC(C)(C)C(C)O)cs1. The number of aliphatic hydroxyl groups is 1. The van der Waals surface area contributed by atoms with Crippen molar-refractivity contribution in [3.05, 3.63) is 11.1 Å². The van der Waals surface area contributed by atoms with Crippen molar-refractivity contribution in [2.45, 2.75) is 52.8 Å². The number of aliphatic hydroxyl groups excluding tert-OH is 1. The molecular formula is C13H23N3O2S. The topological polar surface area (TPSA) is 65.5 Å². The summed E-state index contributed by atoms with van der Waals surface area (Å²) in [6.07, 6.45) is -0.449. The Hall–Kier alpha value is -0.980. The summed E-state index contributed by atoms with van der Waals surface area (Å²) in [6.45, 7) is 10.3. The van der Waals surface area contributed by atoms with E-state index in [9.17, 15) is 9.90 Å². The molecule has 1 aromatic heterocycles. The number of nitrogens with one attached hydrogen (secondary N) is 1. The highest BCUT2D eigenvalue weighted by atomic mass is 32.1. The first kappa shape index (κ1) is 16.1. The molecule has 1 rings (SSSR count). The van der Waals surface area contributed by atoms with Crippen molar-refractivity contribution in [3.8, 4) is 0 Å². The smallest absolute Gasteiger partial charge is 0.225 e. The number of rotatable bonds is 6. The third-order valence-corrected chi connectivity index (χ3v) is 4.15. The summed E-state index contributed by atoms with van der Waals surface area (Å²) in [7, 11) is 0. The van der Waals surface area contributed by atoms with Crippen molar-refractivity contribution in [3.63, 3.8) is 0 Å². The van der Waals surface area contributed by atoms with Crippen molar-refractivity contribution in [2.24, 2.45) is 0 Å². The first-order valence-electron chi connectivity index (χ1n) is 6.43. The minimum absolute atomic E-state index is 0.000620. The van der Waals surface area contributed by atoms with Gasteiger partial charge in [0.05, 0.1) is 11.8 Å². The van der Waals surface area contributed by atoms with E-state index in [1.54, 1.807) is 18.7 Å². The first-order valence-corrected chi connectivity index (χ1v) is 7.31. The van der Waals surface area contributed by atoms with Crippen molar-refractivity contribution in [1.29, 1.82) is 0 Å². The number of amides is 1. The molecule has 0 spiro atoms. The number of hydrogen-bond donors (Lipinski definition) is 2. The van der Waals surface area contributed by atoms with Gasteiger partial charge in [0.2, 0.25) is 5.91 Å². The van der Waals surface area contributed by atoms with Gasteiger partial charge in [-0.1, -0.05) is 0 Å². The van der Waals surface area contributed by atoms with Crippen molar-refractivity contribution < 1.29 is 9.90 Å². The van der Waals surface area contributed by atoms with Crippen LogP contribution < -0.4 is 10.2 Å². The van der Waals surface area contributed by atoms with Gasteiger partial charge in [0.15, 0.2) is 5.13 Å². The maximum absolute atomic E-state index is 11.4. The molecule has 1 amide bonds. The van der Waals surface area contributed by atoms with E-state index in [1.165, 1.54) is 11.3 Å². The maximum atomic E-state index is 11.4. The minimum atomic E-state index is -0.449. The average molecular weight is 285 g/mol. The lowest BCUT2D eigenvalue weighted by molar-refractivity contribution is -0.116. The zero-order valence-corrected chi connectivity index (χ0v) is 13.0. The van der Waals surface area contributed by atoms with E-state index in [4.69, 9.17) is 0 Å². The molecule has 0 aliphatic carbocycles. The van der Waals surface area contributed by atoms with Gasteiger partial charge in [0.1, 0.15) is 0 Å². The molecule has 108 valence electrons. The molecule has 2 N–H and O–H groups in total. The molecule has 0 saturated heterocycles. The molecule has 1 unspecified atom stereocenters. The van der Waals surface area contributed by atoms with Gasteiger partial charge in [-0.3, -0.25) is 9.69 Å². The zero-order chi connectivity index (χ0) is 14.6. The van der Waals surface area contributed by atoms with Crippen LogP contribution in [0.25, 0.3) is 0 Å². The number of nitrogens with zero attached hydrogens (tertiary/aromatic N) is 2. The van der Waals surface area contributed by atoms with E-state index in [2.05, 4.69) is 10.3 Å². The fraction of sp³-hybridized carbons (Fsp3) is 0.692. The predicted molar refractivity (Wildman–Crippen MR) is 78.4 cm³/mol. The number of anilines is 1. The summed E-state index contributed by atoms with van der Waals surface area (Å²) in [5.41, 5.74) is 0.517. The maximum Gasteiger partial charge on any atom is 0.225 e. The molecule has 1 atom stereocenters. The Morgan fingerprint density at radius 2 is 2.26 bits per heavy atom. The third-order valence-electron chi connectivity index (χ3n) is 3.24. The number of hydrogen-bond acceptors (Lipinski definition) is 5. The van der Waals surface area contributed by atoms with Crippen molar-refractivity contribution >= 4 is 22.4 Å². The molecule has 0 aromatic carbocycles. The van der Waals surface area contributed by atoms with Crippen LogP contribution in [0.5, 0.6) is 0 Å². The fourth-order valence-corrected chi connectivity index (χ4v) is 2.39. The highest BCUT2D eigenvalue weighted by Gasteiger charge is 2.23. The molecular weight excluding hydrogens is 262 g/mol. The van der Waals surface area contributed by atoms with Gasteiger partial charge in [-0.15, -0.1) is 11.3 Å². The lowest BCUT2D eigenvalue weighted by atomic mass is 9.99. The minimum Gasteiger partial charge on any atom is -0.392 e.